The molecule has 0 saturated heterocycles. The zero-order valence-corrected chi connectivity index (χ0v) is 9.95. The summed E-state index contributed by atoms with van der Waals surface area (Å²) in [7, 11) is 3.42. The Morgan fingerprint density at radius 2 is 1.67 bits per heavy atom. The van der Waals surface area contributed by atoms with Gasteiger partial charge in [0.2, 0.25) is 0 Å². The molecule has 0 aromatic carbocycles. The Kier molecular flexibility index (Phi) is 17.7. The Bertz CT molecular complexity index is 125. The molecule has 0 bridgehead atoms. The zero-order chi connectivity index (χ0) is 11.9. The fraction of sp³-hybridized carbons (Fsp3) is 0.900. The van der Waals surface area contributed by atoms with Crippen molar-refractivity contribution in [1.82, 2.24) is 0 Å². The molecule has 0 aliphatic rings. The average Bonchev–Trinajstić information content (AvgIpc) is 2.18. The Balaban J connectivity index is 0. The van der Waals surface area contributed by atoms with E-state index in [4.69, 9.17) is 9.47 Å². The van der Waals surface area contributed by atoms with Crippen LogP contribution in [0, 0.1) is 0 Å². The van der Waals surface area contributed by atoms with E-state index in [-0.39, 0.29) is 6.42 Å². The van der Waals surface area contributed by atoms with Crippen LogP contribution in [0.4, 0.5) is 0 Å². The average molecular weight is 221 g/mol. The molecule has 0 saturated carbocycles. The number of hydrogen-bond acceptors (Lipinski definition) is 4. The molecule has 92 valence electrons. The summed E-state index contributed by atoms with van der Waals surface area (Å²) in [5.41, 5.74) is 0. The van der Waals surface area contributed by atoms with Gasteiger partial charge in [-0.1, -0.05) is 13.3 Å². The van der Waals surface area contributed by atoms with Crippen molar-refractivity contribution in [2.75, 3.05) is 40.5 Å². The molecule has 0 atom stereocenters. The van der Waals surface area contributed by atoms with Crippen LogP contribution in [0.1, 0.15) is 19.8 Å². The number of rotatable bonds is 8. The minimum atomic E-state index is -0.961. The van der Waals surface area contributed by atoms with Gasteiger partial charge in [-0.25, -0.2) is 0 Å². The number of carbonyl (C=O) groups excluding carboxylic acids is 1. The highest BCUT2D eigenvalue weighted by Crippen LogP contribution is 1.79. The monoisotopic (exact) mass is 221 g/mol. The molecular weight excluding hydrogens is 198 g/mol. The predicted molar refractivity (Wildman–Crippen MR) is 55.3 cm³/mol. The summed E-state index contributed by atoms with van der Waals surface area (Å²) in [5.74, 6) is -0.961. The van der Waals surface area contributed by atoms with Gasteiger partial charge in [-0.05, 0) is 6.42 Å². The molecule has 5 nitrogen and oxygen atoms in total. The third-order valence-corrected chi connectivity index (χ3v) is 1.51. The molecule has 0 rings (SSSR count). The number of methoxy groups -OCH3 is 2. The molecule has 0 aromatic rings. The van der Waals surface area contributed by atoms with Gasteiger partial charge in [0.05, 0.1) is 26.3 Å². The van der Waals surface area contributed by atoms with Gasteiger partial charge in [0, 0.05) is 20.2 Å². The zero-order valence-electron chi connectivity index (χ0n) is 9.95. The molecule has 0 fully saturated rings. The number of carboxylic acids is 1. The van der Waals surface area contributed by atoms with Gasteiger partial charge in [0.15, 0.2) is 0 Å². The largest absolute Gasteiger partial charge is 0.550 e. The van der Waals surface area contributed by atoms with Crippen LogP contribution in [-0.2, 0) is 14.3 Å². The number of quaternary nitrogens is 1. The molecule has 0 heterocycles. The number of ether oxygens (including phenoxy) is 2. The first kappa shape index (κ1) is 16.8. The molecule has 0 aliphatic carbocycles. The van der Waals surface area contributed by atoms with Crippen molar-refractivity contribution >= 4 is 5.97 Å². The second-order valence-electron chi connectivity index (χ2n) is 2.97. The van der Waals surface area contributed by atoms with Crippen LogP contribution in [0.15, 0.2) is 0 Å². The van der Waals surface area contributed by atoms with Crippen molar-refractivity contribution < 1.29 is 24.7 Å². The van der Waals surface area contributed by atoms with E-state index < -0.39 is 5.97 Å². The molecule has 0 amide bonds. The van der Waals surface area contributed by atoms with E-state index in [0.717, 1.165) is 26.3 Å². The number of carboxylic acid groups (broad SMARTS) is 1. The highest BCUT2D eigenvalue weighted by molar-refractivity contribution is 5.63. The molecule has 0 radical (unpaired) electrons. The van der Waals surface area contributed by atoms with Gasteiger partial charge in [0.1, 0.15) is 0 Å². The van der Waals surface area contributed by atoms with E-state index in [9.17, 15) is 9.90 Å². The first-order chi connectivity index (χ1) is 7.18. The van der Waals surface area contributed by atoms with Crippen LogP contribution in [0.2, 0.25) is 0 Å². The number of nitrogens with two attached hydrogens (primary N) is 1. The number of carbonyl (C=O) groups is 1. The number of hydrogen-bond donors (Lipinski definition) is 1. The molecular formula is C10H23NO4. The summed E-state index contributed by atoms with van der Waals surface area (Å²) < 4.78 is 9.70. The van der Waals surface area contributed by atoms with Crippen molar-refractivity contribution in [3.05, 3.63) is 0 Å². The quantitative estimate of drug-likeness (QED) is 0.500. The Labute approximate surface area is 91.8 Å². The van der Waals surface area contributed by atoms with E-state index in [1.54, 1.807) is 21.1 Å². The van der Waals surface area contributed by atoms with Crippen LogP contribution < -0.4 is 10.4 Å². The van der Waals surface area contributed by atoms with Crippen molar-refractivity contribution in [3.63, 3.8) is 0 Å². The summed E-state index contributed by atoms with van der Waals surface area (Å²) in [6.07, 6.45) is 0.850. The van der Waals surface area contributed by atoms with E-state index in [1.807, 2.05) is 0 Å². The number of aliphatic carboxylic acids is 1. The minimum Gasteiger partial charge on any atom is -0.550 e. The molecule has 15 heavy (non-hydrogen) atoms. The molecule has 0 aromatic heterocycles. The summed E-state index contributed by atoms with van der Waals surface area (Å²) in [6, 6.07) is 0. The lowest BCUT2D eigenvalue weighted by Gasteiger charge is -1.98. The van der Waals surface area contributed by atoms with Crippen molar-refractivity contribution in [3.8, 4) is 0 Å². The van der Waals surface area contributed by atoms with Gasteiger partial charge < -0.3 is 24.7 Å². The van der Waals surface area contributed by atoms with Gasteiger partial charge in [-0.2, -0.15) is 0 Å². The standard InChI is InChI=1S/C6H15NO2.C4H8O2/c1-8-5-3-7-4-6-9-2;1-2-3-4(5)6/h7H,3-6H2,1-2H3;2-3H2,1H3,(H,5,6). The fourth-order valence-corrected chi connectivity index (χ4v) is 0.751. The third kappa shape index (κ3) is 24.7. The van der Waals surface area contributed by atoms with Crippen LogP contribution >= 0.6 is 0 Å². The van der Waals surface area contributed by atoms with Crippen molar-refractivity contribution in [2.24, 2.45) is 0 Å². The summed E-state index contributed by atoms with van der Waals surface area (Å²) in [5, 5.41) is 11.7. The van der Waals surface area contributed by atoms with Gasteiger partial charge >= 0.3 is 0 Å². The summed E-state index contributed by atoms with van der Waals surface area (Å²) in [6.45, 7) is 5.50. The van der Waals surface area contributed by atoms with Crippen molar-refractivity contribution in [1.29, 1.82) is 0 Å². The molecule has 0 spiro atoms. The highest BCUT2D eigenvalue weighted by atomic mass is 16.5. The van der Waals surface area contributed by atoms with Crippen molar-refractivity contribution in [2.45, 2.75) is 19.8 Å². The topological polar surface area (TPSA) is 75.2 Å². The Hall–Kier alpha value is -0.650. The summed E-state index contributed by atoms with van der Waals surface area (Å²) >= 11 is 0. The minimum absolute atomic E-state index is 0.181. The van der Waals surface area contributed by atoms with E-state index in [2.05, 4.69) is 5.32 Å². The predicted octanol–water partition coefficient (Wildman–Crippen LogP) is -1.62. The third-order valence-electron chi connectivity index (χ3n) is 1.51. The SMILES string of the molecule is CCCC(=O)[O-].COCC[NH2+]CCOC. The van der Waals surface area contributed by atoms with Crippen LogP contribution in [0.3, 0.4) is 0 Å². The lowest BCUT2D eigenvalue weighted by atomic mass is 10.4. The van der Waals surface area contributed by atoms with Gasteiger partial charge in [-0.15, -0.1) is 0 Å². The molecule has 5 heteroatoms. The maximum absolute atomic E-state index is 9.49. The molecule has 0 aliphatic heterocycles. The van der Waals surface area contributed by atoms with E-state index >= 15 is 0 Å². The second kappa shape index (κ2) is 15.8. The Morgan fingerprint density at radius 1 is 1.20 bits per heavy atom. The van der Waals surface area contributed by atoms with Crippen LogP contribution in [0.25, 0.3) is 0 Å². The smallest absolute Gasteiger partial charge is 0.0993 e. The van der Waals surface area contributed by atoms with Crippen LogP contribution in [-0.4, -0.2) is 46.5 Å². The second-order valence-corrected chi connectivity index (χ2v) is 2.97. The normalized spacial score (nSPS) is 9.27. The lowest BCUT2D eigenvalue weighted by Crippen LogP contribution is -2.86. The van der Waals surface area contributed by atoms with E-state index in [0.29, 0.717) is 6.42 Å². The maximum Gasteiger partial charge on any atom is 0.0993 e. The summed E-state index contributed by atoms with van der Waals surface area (Å²) in [4.78, 5) is 9.49. The first-order valence-corrected chi connectivity index (χ1v) is 5.18. The first-order valence-electron chi connectivity index (χ1n) is 5.18. The van der Waals surface area contributed by atoms with E-state index in [1.165, 1.54) is 0 Å². The van der Waals surface area contributed by atoms with Crippen LogP contribution in [0.5, 0.6) is 0 Å². The highest BCUT2D eigenvalue weighted by Gasteiger charge is 1.87. The molecule has 0 unspecified atom stereocenters. The van der Waals surface area contributed by atoms with Gasteiger partial charge in [0.25, 0.3) is 0 Å². The fourth-order valence-electron chi connectivity index (χ4n) is 0.751. The maximum atomic E-state index is 9.49. The Morgan fingerprint density at radius 3 is 1.87 bits per heavy atom. The van der Waals surface area contributed by atoms with Gasteiger partial charge in [-0.3, -0.25) is 0 Å². The molecule has 2 N–H and O–H groups in total. The lowest BCUT2D eigenvalue weighted by molar-refractivity contribution is -0.657.